The molecule has 0 unspecified atom stereocenters. The Bertz CT molecular complexity index is 195. The standard InChI is InChI=1S/C14H29OP/c1-4-7-9-11-13-16(15,6-3)14-12-10-8-5-2/h6H,3-5,7-14H2,1-2H3. The van der Waals surface area contributed by atoms with Crippen LogP contribution in [0.5, 0.6) is 0 Å². The average molecular weight is 244 g/mol. The van der Waals surface area contributed by atoms with Gasteiger partial charge in [0.1, 0.15) is 7.14 Å². The summed E-state index contributed by atoms with van der Waals surface area (Å²) >= 11 is 0. The van der Waals surface area contributed by atoms with Crippen molar-refractivity contribution in [3.05, 3.63) is 12.4 Å². The van der Waals surface area contributed by atoms with Crippen LogP contribution in [0.1, 0.15) is 65.2 Å². The summed E-state index contributed by atoms with van der Waals surface area (Å²) in [6.45, 7) is 8.18. The van der Waals surface area contributed by atoms with Crippen LogP contribution in [0.3, 0.4) is 0 Å². The van der Waals surface area contributed by atoms with E-state index in [0.29, 0.717) is 0 Å². The van der Waals surface area contributed by atoms with Gasteiger partial charge in [-0.25, -0.2) is 0 Å². The van der Waals surface area contributed by atoms with E-state index < -0.39 is 7.14 Å². The number of rotatable bonds is 11. The van der Waals surface area contributed by atoms with Gasteiger partial charge in [-0.1, -0.05) is 59.0 Å². The lowest BCUT2D eigenvalue weighted by Crippen LogP contribution is -1.94. The van der Waals surface area contributed by atoms with Gasteiger partial charge in [0.25, 0.3) is 0 Å². The molecule has 0 saturated heterocycles. The van der Waals surface area contributed by atoms with Crippen LogP contribution in [0.15, 0.2) is 12.4 Å². The van der Waals surface area contributed by atoms with E-state index >= 15 is 0 Å². The summed E-state index contributed by atoms with van der Waals surface area (Å²) in [6, 6.07) is 0. The molecule has 2 heteroatoms. The van der Waals surface area contributed by atoms with E-state index in [9.17, 15) is 4.57 Å². The Kier molecular flexibility index (Phi) is 10.1. The predicted molar refractivity (Wildman–Crippen MR) is 75.8 cm³/mol. The van der Waals surface area contributed by atoms with Crippen LogP contribution in [0.25, 0.3) is 0 Å². The van der Waals surface area contributed by atoms with E-state index in [1.165, 1.54) is 38.5 Å². The highest BCUT2D eigenvalue weighted by molar-refractivity contribution is 7.67. The van der Waals surface area contributed by atoms with Gasteiger partial charge in [-0.15, -0.1) is 0 Å². The Morgan fingerprint density at radius 2 is 1.31 bits per heavy atom. The third kappa shape index (κ3) is 8.16. The van der Waals surface area contributed by atoms with Crippen molar-refractivity contribution in [3.8, 4) is 0 Å². The van der Waals surface area contributed by atoms with Gasteiger partial charge < -0.3 is 4.57 Å². The summed E-state index contributed by atoms with van der Waals surface area (Å²) in [5.41, 5.74) is 0. The van der Waals surface area contributed by atoms with Gasteiger partial charge in [0, 0.05) is 12.3 Å². The smallest absolute Gasteiger partial charge is 0.108 e. The van der Waals surface area contributed by atoms with Crippen molar-refractivity contribution in [2.45, 2.75) is 65.2 Å². The van der Waals surface area contributed by atoms with E-state index in [1.807, 2.05) is 0 Å². The molecule has 0 aliphatic heterocycles. The minimum absolute atomic E-state index is 0.891. The van der Waals surface area contributed by atoms with Gasteiger partial charge in [0.05, 0.1) is 0 Å². The van der Waals surface area contributed by atoms with E-state index in [2.05, 4.69) is 20.4 Å². The fourth-order valence-electron chi connectivity index (χ4n) is 1.91. The monoisotopic (exact) mass is 244 g/mol. The third-order valence-corrected chi connectivity index (χ3v) is 5.92. The molecule has 0 heterocycles. The highest BCUT2D eigenvalue weighted by Crippen LogP contribution is 2.48. The summed E-state index contributed by atoms with van der Waals surface area (Å²) < 4.78 is 12.4. The van der Waals surface area contributed by atoms with Gasteiger partial charge in [-0.05, 0) is 18.7 Å². The van der Waals surface area contributed by atoms with E-state index in [1.54, 1.807) is 5.82 Å². The first-order valence-electron chi connectivity index (χ1n) is 6.90. The topological polar surface area (TPSA) is 17.1 Å². The molecule has 0 N–H and O–H groups in total. The van der Waals surface area contributed by atoms with E-state index in [-0.39, 0.29) is 0 Å². The Balaban J connectivity index is 3.73. The Hall–Kier alpha value is -0.0300. The first-order chi connectivity index (χ1) is 7.68. The maximum absolute atomic E-state index is 12.4. The summed E-state index contributed by atoms with van der Waals surface area (Å²) in [4.78, 5) is 0. The molecule has 0 rings (SSSR count). The molecule has 96 valence electrons. The largest absolute Gasteiger partial charge is 0.319 e. The quantitative estimate of drug-likeness (QED) is 0.339. The zero-order chi connectivity index (χ0) is 12.3. The molecule has 0 aliphatic carbocycles. The molecule has 0 aliphatic rings. The van der Waals surface area contributed by atoms with Crippen molar-refractivity contribution < 1.29 is 4.57 Å². The minimum atomic E-state index is -2.02. The lowest BCUT2D eigenvalue weighted by atomic mass is 10.2. The normalized spacial score (nSPS) is 11.6. The van der Waals surface area contributed by atoms with Crippen LogP contribution >= 0.6 is 7.14 Å². The van der Waals surface area contributed by atoms with Crippen molar-refractivity contribution in [3.63, 3.8) is 0 Å². The maximum Gasteiger partial charge on any atom is 0.108 e. The molecule has 0 radical (unpaired) electrons. The van der Waals surface area contributed by atoms with E-state index in [0.717, 1.165) is 25.2 Å². The average Bonchev–Trinajstić information content (AvgIpc) is 2.31. The summed E-state index contributed by atoms with van der Waals surface area (Å²) in [5, 5.41) is 0. The van der Waals surface area contributed by atoms with Crippen molar-refractivity contribution in [1.29, 1.82) is 0 Å². The molecule has 0 aromatic carbocycles. The molecule has 0 aromatic rings. The minimum Gasteiger partial charge on any atom is -0.319 e. The van der Waals surface area contributed by atoms with Crippen LogP contribution in [-0.4, -0.2) is 12.3 Å². The number of unbranched alkanes of at least 4 members (excludes halogenated alkanes) is 6. The molecule has 0 amide bonds. The second-order valence-corrected chi connectivity index (χ2v) is 7.87. The molecule has 0 fully saturated rings. The summed E-state index contributed by atoms with van der Waals surface area (Å²) in [6.07, 6.45) is 11.5. The molecule has 0 atom stereocenters. The summed E-state index contributed by atoms with van der Waals surface area (Å²) in [5.74, 6) is 1.75. The lowest BCUT2D eigenvalue weighted by molar-refractivity contribution is 0.572. The predicted octanol–water partition coefficient (Wildman–Crippen LogP) is 5.65. The second-order valence-electron chi connectivity index (χ2n) is 4.70. The fourth-order valence-corrected chi connectivity index (χ4v) is 4.01. The van der Waals surface area contributed by atoms with Gasteiger partial charge in [0.15, 0.2) is 0 Å². The maximum atomic E-state index is 12.4. The van der Waals surface area contributed by atoms with Crippen molar-refractivity contribution in [2.24, 2.45) is 0 Å². The first-order valence-corrected chi connectivity index (χ1v) is 9.04. The summed E-state index contributed by atoms with van der Waals surface area (Å²) in [7, 11) is -2.02. The van der Waals surface area contributed by atoms with Gasteiger partial charge >= 0.3 is 0 Å². The van der Waals surface area contributed by atoms with Crippen LogP contribution in [0, 0.1) is 0 Å². The van der Waals surface area contributed by atoms with Crippen LogP contribution in [-0.2, 0) is 4.57 Å². The fraction of sp³-hybridized carbons (Fsp3) is 0.857. The molecular weight excluding hydrogens is 215 g/mol. The Morgan fingerprint density at radius 1 is 0.875 bits per heavy atom. The lowest BCUT2D eigenvalue weighted by Gasteiger charge is -2.13. The zero-order valence-electron chi connectivity index (χ0n) is 11.2. The van der Waals surface area contributed by atoms with Crippen molar-refractivity contribution in [1.82, 2.24) is 0 Å². The molecule has 0 aromatic heterocycles. The SMILES string of the molecule is C=CP(=O)(CCCCCC)CCCCCC. The molecular formula is C14H29OP. The van der Waals surface area contributed by atoms with Crippen molar-refractivity contribution >= 4 is 7.14 Å². The highest BCUT2D eigenvalue weighted by atomic mass is 31.2. The van der Waals surface area contributed by atoms with E-state index in [4.69, 9.17) is 0 Å². The van der Waals surface area contributed by atoms with Crippen LogP contribution in [0.4, 0.5) is 0 Å². The second kappa shape index (κ2) is 10.1. The number of hydrogen-bond donors (Lipinski definition) is 0. The Morgan fingerprint density at radius 3 is 1.62 bits per heavy atom. The van der Waals surface area contributed by atoms with Gasteiger partial charge in [-0.2, -0.15) is 0 Å². The molecule has 0 spiro atoms. The first kappa shape index (κ1) is 16.0. The molecule has 16 heavy (non-hydrogen) atoms. The molecule has 0 bridgehead atoms. The molecule has 0 saturated carbocycles. The van der Waals surface area contributed by atoms with Crippen LogP contribution < -0.4 is 0 Å². The third-order valence-electron chi connectivity index (χ3n) is 3.11. The van der Waals surface area contributed by atoms with Gasteiger partial charge in [-0.3, -0.25) is 0 Å². The van der Waals surface area contributed by atoms with Crippen LogP contribution in [0.2, 0.25) is 0 Å². The zero-order valence-corrected chi connectivity index (χ0v) is 12.1. The molecule has 1 nitrogen and oxygen atoms in total. The number of hydrogen-bond acceptors (Lipinski definition) is 1. The Labute approximate surface area is 102 Å². The van der Waals surface area contributed by atoms with Gasteiger partial charge in [0.2, 0.25) is 0 Å². The van der Waals surface area contributed by atoms with Crippen molar-refractivity contribution in [2.75, 3.05) is 12.3 Å². The highest BCUT2D eigenvalue weighted by Gasteiger charge is 2.16.